The number of amides is 1. The molecule has 1 unspecified atom stereocenters. The normalized spacial score (nSPS) is 12.8. The molecule has 5 heteroatoms. The third kappa shape index (κ3) is 5.01. The molecule has 0 aliphatic carbocycles. The summed E-state index contributed by atoms with van der Waals surface area (Å²) in [5.41, 5.74) is 0.575. The molecular formula is C15H21NO4. The number of aliphatic hydroxyl groups is 1. The molecule has 0 bridgehead atoms. The number of carbonyl (C=O) groups excluding carboxylic acids is 1. The number of carbonyl (C=O) groups is 2. The number of hydrogen-bond donors (Lipinski definition) is 3. The maximum Gasteiger partial charge on any atom is 0.303 e. The Morgan fingerprint density at radius 1 is 1.25 bits per heavy atom. The highest BCUT2D eigenvalue weighted by atomic mass is 16.4. The first-order valence-electron chi connectivity index (χ1n) is 6.50. The van der Waals surface area contributed by atoms with Gasteiger partial charge in [-0.2, -0.15) is 0 Å². The van der Waals surface area contributed by atoms with Gasteiger partial charge in [-0.15, -0.1) is 0 Å². The fourth-order valence-corrected chi connectivity index (χ4v) is 2.08. The molecule has 1 rings (SSSR count). The quantitative estimate of drug-likeness (QED) is 0.747. The topological polar surface area (TPSA) is 86.6 Å². The van der Waals surface area contributed by atoms with E-state index in [1.165, 1.54) is 0 Å². The van der Waals surface area contributed by atoms with Crippen molar-refractivity contribution in [3.05, 3.63) is 29.8 Å². The zero-order chi connectivity index (χ0) is 15.3. The fraction of sp³-hybridized carbons (Fsp3) is 0.467. The van der Waals surface area contributed by atoms with Gasteiger partial charge in [0.2, 0.25) is 5.91 Å². The lowest BCUT2D eigenvalue weighted by molar-refractivity contribution is -0.139. The number of benzene rings is 1. The molecule has 20 heavy (non-hydrogen) atoms. The third-order valence-corrected chi connectivity index (χ3v) is 2.95. The van der Waals surface area contributed by atoms with E-state index in [4.69, 9.17) is 5.11 Å². The Hall–Kier alpha value is -1.88. The highest BCUT2D eigenvalue weighted by Gasteiger charge is 2.25. The van der Waals surface area contributed by atoms with Gasteiger partial charge in [-0.25, -0.2) is 0 Å². The van der Waals surface area contributed by atoms with Gasteiger partial charge in [-0.3, -0.25) is 9.59 Å². The van der Waals surface area contributed by atoms with Crippen LogP contribution in [0.15, 0.2) is 24.3 Å². The molecule has 1 aromatic carbocycles. The largest absolute Gasteiger partial charge is 0.481 e. The number of anilines is 1. The summed E-state index contributed by atoms with van der Waals surface area (Å²) in [6, 6.07) is 7.00. The van der Waals surface area contributed by atoms with E-state index in [0.29, 0.717) is 11.3 Å². The van der Waals surface area contributed by atoms with Crippen molar-refractivity contribution >= 4 is 17.6 Å². The number of carboxylic acids is 1. The number of hydrogen-bond acceptors (Lipinski definition) is 3. The van der Waals surface area contributed by atoms with Gasteiger partial charge in [0, 0.05) is 17.7 Å². The van der Waals surface area contributed by atoms with Crippen LogP contribution in [0.2, 0.25) is 0 Å². The van der Waals surface area contributed by atoms with Crippen LogP contribution in [-0.4, -0.2) is 22.1 Å². The van der Waals surface area contributed by atoms with Gasteiger partial charge in [0.25, 0.3) is 0 Å². The Morgan fingerprint density at radius 2 is 1.85 bits per heavy atom. The molecule has 3 N–H and O–H groups in total. The third-order valence-electron chi connectivity index (χ3n) is 2.95. The lowest BCUT2D eigenvalue weighted by Gasteiger charge is -2.22. The molecule has 0 heterocycles. The van der Waals surface area contributed by atoms with Crippen LogP contribution in [0.3, 0.4) is 0 Å². The number of para-hydroxylation sites is 1. The molecule has 0 aliphatic rings. The molecule has 0 fully saturated rings. The minimum Gasteiger partial charge on any atom is -0.481 e. The number of rotatable bonds is 6. The van der Waals surface area contributed by atoms with Gasteiger partial charge >= 0.3 is 5.97 Å². The SMILES string of the molecule is CC(O)c1ccccc1NC(=O)CC(C)(C)CC(=O)O. The standard InChI is InChI=1S/C15H21NO4/c1-10(17)11-6-4-5-7-12(11)16-13(18)8-15(2,3)9-14(19)20/h4-7,10,17H,8-9H2,1-3H3,(H,16,18)(H,19,20). The molecule has 0 spiro atoms. The molecule has 0 saturated carbocycles. The zero-order valence-corrected chi connectivity index (χ0v) is 12.0. The second kappa shape index (κ2) is 6.52. The van der Waals surface area contributed by atoms with Gasteiger partial charge in [-0.05, 0) is 18.4 Å². The van der Waals surface area contributed by atoms with E-state index in [9.17, 15) is 14.7 Å². The second-order valence-corrected chi connectivity index (χ2v) is 5.72. The van der Waals surface area contributed by atoms with Crippen molar-refractivity contribution in [1.82, 2.24) is 0 Å². The summed E-state index contributed by atoms with van der Waals surface area (Å²) in [6.45, 7) is 5.10. The van der Waals surface area contributed by atoms with Crippen molar-refractivity contribution < 1.29 is 19.8 Å². The summed E-state index contributed by atoms with van der Waals surface area (Å²) in [7, 11) is 0. The van der Waals surface area contributed by atoms with E-state index in [1.807, 2.05) is 0 Å². The Morgan fingerprint density at radius 3 is 2.40 bits per heavy atom. The van der Waals surface area contributed by atoms with Crippen LogP contribution in [0.5, 0.6) is 0 Å². The van der Waals surface area contributed by atoms with Crippen molar-refractivity contribution in [3.8, 4) is 0 Å². The van der Waals surface area contributed by atoms with E-state index in [-0.39, 0.29) is 18.7 Å². The number of aliphatic hydroxyl groups excluding tert-OH is 1. The molecule has 1 amide bonds. The highest BCUT2D eigenvalue weighted by molar-refractivity contribution is 5.92. The minimum atomic E-state index is -0.924. The van der Waals surface area contributed by atoms with E-state index in [2.05, 4.69) is 5.32 Å². The first-order chi connectivity index (χ1) is 9.21. The molecular weight excluding hydrogens is 258 g/mol. The molecule has 5 nitrogen and oxygen atoms in total. The lowest BCUT2D eigenvalue weighted by Crippen LogP contribution is -2.25. The summed E-state index contributed by atoms with van der Waals surface area (Å²) >= 11 is 0. The summed E-state index contributed by atoms with van der Waals surface area (Å²) in [6.07, 6.45) is -0.648. The summed E-state index contributed by atoms with van der Waals surface area (Å²) in [4.78, 5) is 22.7. The molecule has 0 aromatic heterocycles. The Balaban J connectivity index is 2.74. The predicted molar refractivity (Wildman–Crippen MR) is 76.4 cm³/mol. The van der Waals surface area contributed by atoms with Crippen LogP contribution in [0.1, 0.15) is 45.3 Å². The molecule has 0 radical (unpaired) electrons. The lowest BCUT2D eigenvalue weighted by atomic mass is 9.85. The van der Waals surface area contributed by atoms with Gasteiger partial charge < -0.3 is 15.5 Å². The maximum absolute atomic E-state index is 12.0. The van der Waals surface area contributed by atoms with E-state index in [1.54, 1.807) is 45.0 Å². The summed E-state index contributed by atoms with van der Waals surface area (Å²) < 4.78 is 0. The van der Waals surface area contributed by atoms with Crippen LogP contribution in [0, 0.1) is 5.41 Å². The summed E-state index contributed by atoms with van der Waals surface area (Å²) in [5, 5.41) is 21.2. The van der Waals surface area contributed by atoms with Crippen LogP contribution < -0.4 is 5.32 Å². The first-order valence-corrected chi connectivity index (χ1v) is 6.50. The van der Waals surface area contributed by atoms with Crippen LogP contribution in [-0.2, 0) is 9.59 Å². The Kier molecular flexibility index (Phi) is 5.27. The van der Waals surface area contributed by atoms with E-state index < -0.39 is 17.5 Å². The fourth-order valence-electron chi connectivity index (χ4n) is 2.08. The number of aliphatic carboxylic acids is 1. The second-order valence-electron chi connectivity index (χ2n) is 5.72. The number of carboxylic acid groups (broad SMARTS) is 1. The average molecular weight is 279 g/mol. The van der Waals surface area contributed by atoms with Gasteiger partial charge in [0.15, 0.2) is 0 Å². The molecule has 0 aliphatic heterocycles. The maximum atomic E-state index is 12.0. The predicted octanol–water partition coefficient (Wildman–Crippen LogP) is 2.57. The van der Waals surface area contributed by atoms with Crippen molar-refractivity contribution in [1.29, 1.82) is 0 Å². The van der Waals surface area contributed by atoms with E-state index in [0.717, 1.165) is 0 Å². The van der Waals surface area contributed by atoms with Gasteiger partial charge in [0.05, 0.1) is 12.5 Å². The molecule has 1 atom stereocenters. The zero-order valence-electron chi connectivity index (χ0n) is 12.0. The highest BCUT2D eigenvalue weighted by Crippen LogP contribution is 2.27. The van der Waals surface area contributed by atoms with Crippen molar-refractivity contribution in [2.75, 3.05) is 5.32 Å². The Bertz CT molecular complexity index is 494. The molecule has 0 saturated heterocycles. The molecule has 110 valence electrons. The molecule has 1 aromatic rings. The van der Waals surface area contributed by atoms with Crippen molar-refractivity contribution in [2.24, 2.45) is 5.41 Å². The Labute approximate surface area is 118 Å². The van der Waals surface area contributed by atoms with Crippen molar-refractivity contribution in [2.45, 2.75) is 39.7 Å². The monoisotopic (exact) mass is 279 g/mol. The van der Waals surface area contributed by atoms with Crippen molar-refractivity contribution in [3.63, 3.8) is 0 Å². The van der Waals surface area contributed by atoms with Crippen LogP contribution in [0.25, 0.3) is 0 Å². The van der Waals surface area contributed by atoms with E-state index >= 15 is 0 Å². The van der Waals surface area contributed by atoms with Gasteiger partial charge in [0.1, 0.15) is 0 Å². The summed E-state index contributed by atoms with van der Waals surface area (Å²) in [5.74, 6) is -1.18. The first kappa shape index (κ1) is 16.2. The number of nitrogens with one attached hydrogen (secondary N) is 1. The average Bonchev–Trinajstić information content (AvgIpc) is 2.26. The van der Waals surface area contributed by atoms with Crippen LogP contribution in [0.4, 0.5) is 5.69 Å². The van der Waals surface area contributed by atoms with Crippen LogP contribution >= 0.6 is 0 Å². The smallest absolute Gasteiger partial charge is 0.303 e. The minimum absolute atomic E-state index is 0.0710. The van der Waals surface area contributed by atoms with Gasteiger partial charge in [-0.1, -0.05) is 32.0 Å².